The van der Waals surface area contributed by atoms with Crippen molar-refractivity contribution in [3.8, 4) is 0 Å². The van der Waals surface area contributed by atoms with Gasteiger partial charge in [-0.1, -0.05) is 20.8 Å². The summed E-state index contributed by atoms with van der Waals surface area (Å²) in [7, 11) is -3.39. The fraction of sp³-hybridized carbons (Fsp3) is 0.750. The van der Waals surface area contributed by atoms with Crippen molar-refractivity contribution in [3.63, 3.8) is 0 Å². The maximum atomic E-state index is 12.6. The van der Waals surface area contributed by atoms with Gasteiger partial charge in [-0.05, 0) is 54.2 Å². The number of hydrogen-bond donors (Lipinski definition) is 1. The molecule has 0 saturated carbocycles. The summed E-state index contributed by atoms with van der Waals surface area (Å²) in [5.74, 6) is 0.441. The minimum atomic E-state index is -3.39. The lowest BCUT2D eigenvalue weighted by molar-refractivity contribution is 0.217. The van der Waals surface area contributed by atoms with E-state index in [2.05, 4.69) is 41.8 Å². The molecule has 7 heteroatoms. The minimum Gasteiger partial charge on any atom is -0.296 e. The number of piperidine rings is 1. The summed E-state index contributed by atoms with van der Waals surface area (Å²) in [5.41, 5.74) is 1.19. The van der Waals surface area contributed by atoms with Crippen LogP contribution in [0.3, 0.4) is 0 Å². The van der Waals surface area contributed by atoms with Gasteiger partial charge in [-0.2, -0.15) is 24.1 Å². The molecule has 5 nitrogen and oxygen atoms in total. The van der Waals surface area contributed by atoms with E-state index in [1.807, 2.05) is 5.38 Å². The van der Waals surface area contributed by atoms with Crippen molar-refractivity contribution in [1.82, 2.24) is 13.9 Å². The minimum absolute atomic E-state index is 0.0910. The normalized spacial score (nSPS) is 21.7. The molecule has 0 unspecified atom stereocenters. The third kappa shape index (κ3) is 5.00. The predicted molar refractivity (Wildman–Crippen MR) is 96.9 cm³/mol. The Morgan fingerprint density at radius 3 is 2.74 bits per heavy atom. The standard InChI is InChI=1S/C16H29N3O2S2/c1-4-18(5-2)16(15-8-10-22-13-15)11-17-23(20,21)19-9-6-7-14(3)12-19/h8,10,13-14,16-17H,4-7,9,11-12H2,1-3H3/t14-,16+/m1/s1. The summed E-state index contributed by atoms with van der Waals surface area (Å²) in [6.07, 6.45) is 2.06. The highest BCUT2D eigenvalue weighted by molar-refractivity contribution is 7.87. The summed E-state index contributed by atoms with van der Waals surface area (Å²) in [5, 5.41) is 4.16. The van der Waals surface area contributed by atoms with Crippen LogP contribution in [0, 0.1) is 5.92 Å². The SMILES string of the molecule is CCN(CC)[C@@H](CNS(=O)(=O)N1CCC[C@@H](C)C1)c1ccsc1. The summed E-state index contributed by atoms with van der Waals surface area (Å²) in [4.78, 5) is 2.30. The highest BCUT2D eigenvalue weighted by Gasteiger charge is 2.28. The number of thiophene rings is 1. The van der Waals surface area contributed by atoms with E-state index < -0.39 is 10.2 Å². The average Bonchev–Trinajstić information content (AvgIpc) is 3.05. The molecule has 1 aromatic rings. The molecule has 132 valence electrons. The summed E-state index contributed by atoms with van der Waals surface area (Å²) in [6.45, 7) is 9.83. The van der Waals surface area contributed by atoms with E-state index in [4.69, 9.17) is 0 Å². The molecule has 0 bridgehead atoms. The Morgan fingerprint density at radius 1 is 1.43 bits per heavy atom. The number of likely N-dealkylation sites (N-methyl/N-ethyl adjacent to an activating group) is 1. The zero-order valence-corrected chi connectivity index (χ0v) is 16.0. The van der Waals surface area contributed by atoms with Gasteiger partial charge in [0.1, 0.15) is 0 Å². The maximum Gasteiger partial charge on any atom is 0.279 e. The molecule has 1 aromatic heterocycles. The summed E-state index contributed by atoms with van der Waals surface area (Å²) in [6, 6.07) is 2.18. The van der Waals surface area contributed by atoms with Crippen molar-refractivity contribution in [3.05, 3.63) is 22.4 Å². The maximum absolute atomic E-state index is 12.6. The molecule has 0 radical (unpaired) electrons. The quantitative estimate of drug-likeness (QED) is 0.776. The van der Waals surface area contributed by atoms with E-state index in [1.165, 1.54) is 5.56 Å². The van der Waals surface area contributed by atoms with Crippen molar-refractivity contribution in [2.24, 2.45) is 5.92 Å². The average molecular weight is 360 g/mol. The first kappa shape index (κ1) is 18.9. The Hall–Kier alpha value is -0.470. The van der Waals surface area contributed by atoms with Crippen LogP contribution < -0.4 is 4.72 Å². The molecular formula is C16H29N3O2S2. The Kier molecular flexibility index (Phi) is 7.03. The van der Waals surface area contributed by atoms with Crippen LogP contribution in [0.5, 0.6) is 0 Å². The molecule has 1 N–H and O–H groups in total. The van der Waals surface area contributed by atoms with E-state index in [9.17, 15) is 8.42 Å². The number of rotatable bonds is 8. The second kappa shape index (κ2) is 8.58. The van der Waals surface area contributed by atoms with E-state index in [1.54, 1.807) is 15.6 Å². The zero-order valence-electron chi connectivity index (χ0n) is 14.4. The summed E-state index contributed by atoms with van der Waals surface area (Å²) >= 11 is 1.65. The highest BCUT2D eigenvalue weighted by Crippen LogP contribution is 2.23. The first-order valence-electron chi connectivity index (χ1n) is 8.48. The van der Waals surface area contributed by atoms with Gasteiger partial charge in [-0.25, -0.2) is 4.72 Å². The lowest BCUT2D eigenvalue weighted by Crippen LogP contribution is -2.47. The van der Waals surface area contributed by atoms with Crippen molar-refractivity contribution < 1.29 is 8.42 Å². The van der Waals surface area contributed by atoms with Gasteiger partial charge in [0.05, 0.1) is 0 Å². The van der Waals surface area contributed by atoms with E-state index >= 15 is 0 Å². The second-order valence-electron chi connectivity index (χ2n) is 6.25. The van der Waals surface area contributed by atoms with Crippen LogP contribution in [0.25, 0.3) is 0 Å². The highest BCUT2D eigenvalue weighted by atomic mass is 32.2. The van der Waals surface area contributed by atoms with E-state index in [0.29, 0.717) is 25.6 Å². The lowest BCUT2D eigenvalue weighted by Gasteiger charge is -2.33. The van der Waals surface area contributed by atoms with Gasteiger partial charge < -0.3 is 0 Å². The Morgan fingerprint density at radius 2 is 2.17 bits per heavy atom. The van der Waals surface area contributed by atoms with Crippen molar-refractivity contribution in [2.75, 3.05) is 32.7 Å². The van der Waals surface area contributed by atoms with E-state index in [0.717, 1.165) is 25.9 Å². The van der Waals surface area contributed by atoms with Gasteiger partial charge in [-0.3, -0.25) is 4.90 Å². The third-order valence-corrected chi connectivity index (χ3v) is 6.84. The molecule has 1 aliphatic rings. The number of nitrogens with zero attached hydrogens (tertiary/aromatic N) is 2. The monoisotopic (exact) mass is 359 g/mol. The topological polar surface area (TPSA) is 52.7 Å². The third-order valence-electron chi connectivity index (χ3n) is 4.60. The Bertz CT molecular complexity index is 556. The van der Waals surface area contributed by atoms with Gasteiger partial charge in [0, 0.05) is 25.7 Å². The Labute approximate surface area is 144 Å². The van der Waals surface area contributed by atoms with E-state index in [-0.39, 0.29) is 6.04 Å². The predicted octanol–water partition coefficient (Wildman–Crippen LogP) is 2.70. The fourth-order valence-electron chi connectivity index (χ4n) is 3.23. The van der Waals surface area contributed by atoms with Gasteiger partial charge in [-0.15, -0.1) is 0 Å². The van der Waals surface area contributed by atoms with Crippen LogP contribution in [0.1, 0.15) is 45.2 Å². The van der Waals surface area contributed by atoms with Crippen molar-refractivity contribution >= 4 is 21.5 Å². The second-order valence-corrected chi connectivity index (χ2v) is 8.79. The molecule has 2 heterocycles. The number of hydrogen-bond acceptors (Lipinski definition) is 4. The molecule has 1 fully saturated rings. The van der Waals surface area contributed by atoms with Crippen molar-refractivity contribution in [2.45, 2.75) is 39.7 Å². The first-order chi connectivity index (χ1) is 11.0. The van der Waals surface area contributed by atoms with Crippen LogP contribution in [0.15, 0.2) is 16.8 Å². The molecule has 0 amide bonds. The zero-order chi connectivity index (χ0) is 16.9. The summed E-state index contributed by atoms with van der Waals surface area (Å²) < 4.78 is 29.7. The molecule has 1 aliphatic heterocycles. The molecule has 0 aromatic carbocycles. The Balaban J connectivity index is 2.05. The lowest BCUT2D eigenvalue weighted by atomic mass is 10.0. The van der Waals surface area contributed by atoms with Crippen LogP contribution in [0.2, 0.25) is 0 Å². The van der Waals surface area contributed by atoms with Gasteiger partial charge in [0.2, 0.25) is 0 Å². The smallest absolute Gasteiger partial charge is 0.279 e. The van der Waals surface area contributed by atoms with Gasteiger partial charge in [0.15, 0.2) is 0 Å². The molecule has 2 atom stereocenters. The molecule has 0 spiro atoms. The van der Waals surface area contributed by atoms with Crippen LogP contribution in [-0.4, -0.2) is 50.3 Å². The molecule has 0 aliphatic carbocycles. The van der Waals surface area contributed by atoms with Crippen LogP contribution >= 0.6 is 11.3 Å². The van der Waals surface area contributed by atoms with Gasteiger partial charge >= 0.3 is 0 Å². The van der Waals surface area contributed by atoms with Crippen LogP contribution in [-0.2, 0) is 10.2 Å². The molecule has 2 rings (SSSR count). The van der Waals surface area contributed by atoms with Crippen LogP contribution in [0.4, 0.5) is 0 Å². The molecular weight excluding hydrogens is 330 g/mol. The number of nitrogens with one attached hydrogen (secondary N) is 1. The van der Waals surface area contributed by atoms with Crippen molar-refractivity contribution in [1.29, 1.82) is 0 Å². The fourth-order valence-corrected chi connectivity index (χ4v) is 5.31. The molecule has 1 saturated heterocycles. The molecule has 23 heavy (non-hydrogen) atoms. The van der Waals surface area contributed by atoms with Gasteiger partial charge in [0.25, 0.3) is 10.2 Å². The largest absolute Gasteiger partial charge is 0.296 e. The first-order valence-corrected chi connectivity index (χ1v) is 10.9.